The maximum absolute atomic E-state index is 5.70. The number of para-hydroxylation sites is 1. The average molecular weight is 267 g/mol. The second-order valence-corrected chi connectivity index (χ2v) is 4.82. The van der Waals surface area contributed by atoms with Crippen LogP contribution in [0.3, 0.4) is 0 Å². The van der Waals surface area contributed by atoms with Crippen molar-refractivity contribution in [3.05, 3.63) is 48.5 Å². The van der Waals surface area contributed by atoms with Crippen molar-refractivity contribution in [1.29, 1.82) is 0 Å². The van der Waals surface area contributed by atoms with Crippen LogP contribution in [-0.4, -0.2) is 24.5 Å². The minimum atomic E-state index is 0.256. The number of fused-ring (bicyclic) bond motifs is 1. The van der Waals surface area contributed by atoms with Crippen molar-refractivity contribution in [3.63, 3.8) is 0 Å². The van der Waals surface area contributed by atoms with Crippen LogP contribution < -0.4 is 4.74 Å². The molecular weight excluding hydrogens is 254 g/mol. The highest BCUT2D eigenvalue weighted by atomic mass is 16.6. The minimum Gasteiger partial charge on any atom is -0.491 e. The quantitative estimate of drug-likeness (QED) is 0.681. The Hall–Kier alpha value is -2.33. The van der Waals surface area contributed by atoms with Gasteiger partial charge in [0.1, 0.15) is 24.2 Å². The van der Waals surface area contributed by atoms with Crippen LogP contribution in [0.1, 0.15) is 0 Å². The lowest BCUT2D eigenvalue weighted by Gasteiger charge is -2.05. The Bertz CT molecular complexity index is 746. The van der Waals surface area contributed by atoms with Gasteiger partial charge in [-0.15, -0.1) is 0 Å². The number of hydrogen-bond donors (Lipinski definition) is 0. The van der Waals surface area contributed by atoms with Crippen LogP contribution in [0.2, 0.25) is 0 Å². The smallest absolute Gasteiger partial charge is 0.167 e. The molecule has 0 bridgehead atoms. The van der Waals surface area contributed by atoms with Crippen molar-refractivity contribution < 1.29 is 14.0 Å². The lowest BCUT2D eigenvalue weighted by molar-refractivity contribution is 0.263. The zero-order valence-electron chi connectivity index (χ0n) is 10.8. The Morgan fingerprint density at radius 1 is 1.15 bits per heavy atom. The molecule has 1 saturated heterocycles. The highest BCUT2D eigenvalue weighted by Crippen LogP contribution is 2.30. The maximum atomic E-state index is 5.70. The number of rotatable bonds is 4. The molecule has 0 radical (unpaired) electrons. The highest BCUT2D eigenvalue weighted by molar-refractivity contribution is 5.91. The van der Waals surface area contributed by atoms with Crippen LogP contribution in [-0.2, 0) is 4.74 Å². The molecule has 0 saturated carbocycles. The van der Waals surface area contributed by atoms with Crippen LogP contribution in [0.5, 0.6) is 5.75 Å². The molecule has 0 spiro atoms. The summed E-state index contributed by atoms with van der Waals surface area (Å²) in [6.07, 6.45) is 0.256. The van der Waals surface area contributed by atoms with Gasteiger partial charge < -0.3 is 14.0 Å². The zero-order valence-corrected chi connectivity index (χ0v) is 10.8. The van der Waals surface area contributed by atoms with Crippen LogP contribution in [0.15, 0.2) is 53.1 Å². The topological polar surface area (TPSA) is 47.8 Å². The molecule has 0 N–H and O–H groups in total. The van der Waals surface area contributed by atoms with E-state index >= 15 is 0 Å². The van der Waals surface area contributed by atoms with Crippen LogP contribution in [0.25, 0.3) is 22.2 Å². The van der Waals surface area contributed by atoms with Gasteiger partial charge in [-0.1, -0.05) is 29.4 Å². The summed E-state index contributed by atoms with van der Waals surface area (Å²) in [5.41, 5.74) is 2.62. The van der Waals surface area contributed by atoms with E-state index in [0.717, 1.165) is 34.6 Å². The van der Waals surface area contributed by atoms with Gasteiger partial charge in [0, 0.05) is 10.9 Å². The second-order valence-electron chi connectivity index (χ2n) is 4.82. The third-order valence-corrected chi connectivity index (χ3v) is 3.32. The number of aromatic nitrogens is 1. The molecule has 2 aromatic carbocycles. The van der Waals surface area contributed by atoms with Crippen molar-refractivity contribution in [2.45, 2.75) is 6.10 Å². The molecule has 4 nitrogen and oxygen atoms in total. The van der Waals surface area contributed by atoms with Gasteiger partial charge in [-0.05, 0) is 24.3 Å². The fourth-order valence-corrected chi connectivity index (χ4v) is 2.18. The molecule has 3 aromatic rings. The predicted octanol–water partition coefficient (Wildman–Crippen LogP) is 3.27. The molecule has 1 aliphatic rings. The van der Waals surface area contributed by atoms with Crippen LogP contribution in [0.4, 0.5) is 0 Å². The highest BCUT2D eigenvalue weighted by Gasteiger charge is 2.23. The lowest BCUT2D eigenvalue weighted by Crippen LogP contribution is -2.03. The summed E-state index contributed by atoms with van der Waals surface area (Å²) in [6, 6.07) is 15.7. The number of benzene rings is 2. The first-order valence-electron chi connectivity index (χ1n) is 6.59. The van der Waals surface area contributed by atoms with Crippen molar-refractivity contribution in [1.82, 2.24) is 5.16 Å². The standard InChI is InChI=1S/C16H13NO3/c1-2-7-15-14(6-1)16(17-20-15)11-4-3-5-12(8-11)18-9-13-10-19-13/h1-8,13H,9-10H2. The van der Waals surface area contributed by atoms with E-state index in [-0.39, 0.29) is 6.10 Å². The van der Waals surface area contributed by atoms with E-state index in [4.69, 9.17) is 14.0 Å². The summed E-state index contributed by atoms with van der Waals surface area (Å²) in [7, 11) is 0. The van der Waals surface area contributed by atoms with Gasteiger partial charge in [0.05, 0.1) is 6.61 Å². The predicted molar refractivity (Wildman–Crippen MR) is 74.7 cm³/mol. The summed E-state index contributed by atoms with van der Waals surface area (Å²) in [4.78, 5) is 0. The van der Waals surface area contributed by atoms with Gasteiger partial charge in [-0.3, -0.25) is 0 Å². The lowest BCUT2D eigenvalue weighted by atomic mass is 10.1. The maximum Gasteiger partial charge on any atom is 0.167 e. The molecule has 4 heteroatoms. The molecule has 4 rings (SSSR count). The summed E-state index contributed by atoms with van der Waals surface area (Å²) < 4.78 is 16.2. The van der Waals surface area contributed by atoms with E-state index < -0.39 is 0 Å². The molecule has 1 fully saturated rings. The summed E-state index contributed by atoms with van der Waals surface area (Å²) in [5.74, 6) is 0.824. The normalized spacial score (nSPS) is 17.3. The summed E-state index contributed by atoms with van der Waals surface area (Å²) in [5, 5.41) is 5.17. The van der Waals surface area contributed by atoms with Crippen LogP contribution in [0, 0.1) is 0 Å². The minimum absolute atomic E-state index is 0.256. The summed E-state index contributed by atoms with van der Waals surface area (Å²) >= 11 is 0. The second kappa shape index (κ2) is 4.65. The fraction of sp³-hybridized carbons (Fsp3) is 0.188. The van der Waals surface area contributed by atoms with Crippen molar-refractivity contribution in [3.8, 4) is 17.0 Å². The first kappa shape index (κ1) is 11.5. The van der Waals surface area contributed by atoms with E-state index in [1.54, 1.807) is 0 Å². The van der Waals surface area contributed by atoms with Gasteiger partial charge in [-0.25, -0.2) is 0 Å². The Balaban J connectivity index is 1.68. The van der Waals surface area contributed by atoms with E-state index in [0.29, 0.717) is 6.61 Å². The largest absolute Gasteiger partial charge is 0.491 e. The average Bonchev–Trinajstić information content (AvgIpc) is 3.23. The number of epoxide rings is 1. The SMILES string of the molecule is c1cc(OCC2CO2)cc(-c2noc3ccccc23)c1. The molecule has 1 aliphatic heterocycles. The first-order chi connectivity index (χ1) is 9.90. The van der Waals surface area contributed by atoms with E-state index in [9.17, 15) is 0 Å². The van der Waals surface area contributed by atoms with Gasteiger partial charge in [-0.2, -0.15) is 0 Å². The number of hydrogen-bond acceptors (Lipinski definition) is 4. The number of ether oxygens (including phenoxy) is 2. The molecular formula is C16H13NO3. The van der Waals surface area contributed by atoms with Gasteiger partial charge in [0.25, 0.3) is 0 Å². The third kappa shape index (κ3) is 2.14. The van der Waals surface area contributed by atoms with Gasteiger partial charge >= 0.3 is 0 Å². The van der Waals surface area contributed by atoms with E-state index in [1.165, 1.54) is 0 Å². The fourth-order valence-electron chi connectivity index (χ4n) is 2.18. The third-order valence-electron chi connectivity index (χ3n) is 3.32. The Kier molecular flexibility index (Phi) is 2.67. The van der Waals surface area contributed by atoms with Gasteiger partial charge in [0.15, 0.2) is 5.58 Å². The summed E-state index contributed by atoms with van der Waals surface area (Å²) in [6.45, 7) is 1.40. The molecule has 20 heavy (non-hydrogen) atoms. The van der Waals surface area contributed by atoms with Crippen molar-refractivity contribution >= 4 is 11.0 Å². The molecule has 1 unspecified atom stereocenters. The first-order valence-corrected chi connectivity index (χ1v) is 6.59. The number of nitrogens with zero attached hydrogens (tertiary/aromatic N) is 1. The van der Waals surface area contributed by atoms with E-state index in [2.05, 4.69) is 5.16 Å². The van der Waals surface area contributed by atoms with Gasteiger partial charge in [0.2, 0.25) is 0 Å². The Morgan fingerprint density at radius 2 is 2.05 bits per heavy atom. The molecule has 1 aromatic heterocycles. The monoisotopic (exact) mass is 267 g/mol. The van der Waals surface area contributed by atoms with Crippen molar-refractivity contribution in [2.75, 3.05) is 13.2 Å². The molecule has 1 atom stereocenters. The Labute approximate surface area is 115 Å². The zero-order chi connectivity index (χ0) is 13.4. The molecule has 0 amide bonds. The van der Waals surface area contributed by atoms with Crippen molar-refractivity contribution in [2.24, 2.45) is 0 Å². The van der Waals surface area contributed by atoms with E-state index in [1.807, 2.05) is 48.5 Å². The Morgan fingerprint density at radius 3 is 2.95 bits per heavy atom. The van der Waals surface area contributed by atoms with Crippen LogP contribution >= 0.6 is 0 Å². The molecule has 100 valence electrons. The molecule has 0 aliphatic carbocycles. The molecule has 2 heterocycles.